The van der Waals surface area contributed by atoms with Crippen molar-refractivity contribution < 1.29 is 0 Å². The summed E-state index contributed by atoms with van der Waals surface area (Å²) in [5, 5.41) is 10.7. The molecule has 0 unspecified atom stereocenters. The quantitative estimate of drug-likeness (QED) is 0.769. The fraction of sp³-hybridized carbons (Fsp3) is 0. The second-order valence-corrected chi connectivity index (χ2v) is 3.75. The third-order valence-electron chi connectivity index (χ3n) is 1.97. The van der Waals surface area contributed by atoms with Crippen molar-refractivity contribution >= 4 is 17.0 Å². The van der Waals surface area contributed by atoms with E-state index in [2.05, 4.69) is 6.07 Å². The Labute approximate surface area is 86.2 Å². The Kier molecular flexibility index (Phi) is 2.21. The van der Waals surface area contributed by atoms with Gasteiger partial charge in [0.1, 0.15) is 6.07 Å². The summed E-state index contributed by atoms with van der Waals surface area (Å²) >= 11 is 1.51. The van der Waals surface area contributed by atoms with Crippen molar-refractivity contribution in [2.75, 3.05) is 5.73 Å². The Balaban J connectivity index is 2.59. The van der Waals surface area contributed by atoms with Crippen molar-refractivity contribution in [3.63, 3.8) is 0 Å². The molecule has 0 radical (unpaired) electrons. The van der Waals surface area contributed by atoms with Crippen LogP contribution in [0.5, 0.6) is 0 Å². The van der Waals surface area contributed by atoms with E-state index in [1.807, 2.05) is 30.3 Å². The Hall–Kier alpha value is -1.79. The highest BCUT2D eigenvalue weighted by molar-refractivity contribution is 7.14. The minimum absolute atomic E-state index is 0.566. The van der Waals surface area contributed by atoms with E-state index in [4.69, 9.17) is 11.0 Å². The van der Waals surface area contributed by atoms with E-state index in [-0.39, 0.29) is 0 Å². The van der Waals surface area contributed by atoms with Crippen LogP contribution in [-0.4, -0.2) is 0 Å². The second kappa shape index (κ2) is 3.52. The van der Waals surface area contributed by atoms with E-state index in [9.17, 15) is 0 Å². The van der Waals surface area contributed by atoms with E-state index in [1.54, 1.807) is 5.38 Å². The fourth-order valence-electron chi connectivity index (χ4n) is 1.29. The lowest BCUT2D eigenvalue weighted by molar-refractivity contribution is 1.50. The van der Waals surface area contributed by atoms with Gasteiger partial charge in [0.2, 0.25) is 0 Å². The topological polar surface area (TPSA) is 49.8 Å². The molecule has 2 N–H and O–H groups in total. The van der Waals surface area contributed by atoms with Gasteiger partial charge in [-0.2, -0.15) is 5.26 Å². The van der Waals surface area contributed by atoms with Crippen molar-refractivity contribution in [1.29, 1.82) is 5.26 Å². The third kappa shape index (κ3) is 1.36. The van der Waals surface area contributed by atoms with Crippen molar-refractivity contribution in [2.45, 2.75) is 0 Å². The van der Waals surface area contributed by atoms with Crippen molar-refractivity contribution in [3.8, 4) is 16.5 Å². The second-order valence-electron chi connectivity index (χ2n) is 2.87. The van der Waals surface area contributed by atoms with Crippen molar-refractivity contribution in [1.82, 2.24) is 0 Å². The minimum Gasteiger partial charge on any atom is -0.397 e. The van der Waals surface area contributed by atoms with Gasteiger partial charge in [0.15, 0.2) is 0 Å². The molecule has 0 saturated carbocycles. The Morgan fingerprint density at radius 1 is 1.21 bits per heavy atom. The molecule has 0 amide bonds. The summed E-state index contributed by atoms with van der Waals surface area (Å²) in [6.07, 6.45) is 0. The molecule has 0 saturated heterocycles. The number of nitriles is 1. The van der Waals surface area contributed by atoms with Crippen LogP contribution in [-0.2, 0) is 0 Å². The first kappa shape index (κ1) is 8.79. The van der Waals surface area contributed by atoms with Gasteiger partial charge in [-0.1, -0.05) is 30.3 Å². The minimum atomic E-state index is 0.566. The first-order valence-corrected chi connectivity index (χ1v) is 5.03. The highest BCUT2D eigenvalue weighted by Crippen LogP contribution is 2.33. The van der Waals surface area contributed by atoms with Crippen LogP contribution in [0, 0.1) is 11.3 Å². The molecule has 2 nitrogen and oxygen atoms in total. The number of benzene rings is 1. The monoisotopic (exact) mass is 200 g/mol. The number of rotatable bonds is 1. The standard InChI is InChI=1S/C11H8N2S/c12-6-9-10(13)7-14-11(9)8-4-2-1-3-5-8/h1-5,7H,13H2. The largest absolute Gasteiger partial charge is 0.397 e. The Morgan fingerprint density at radius 3 is 2.57 bits per heavy atom. The van der Waals surface area contributed by atoms with Crippen molar-refractivity contribution in [3.05, 3.63) is 41.3 Å². The average Bonchev–Trinajstić information content (AvgIpc) is 2.61. The zero-order valence-electron chi connectivity index (χ0n) is 7.40. The zero-order chi connectivity index (χ0) is 9.97. The molecule has 1 aromatic heterocycles. The van der Waals surface area contributed by atoms with Gasteiger partial charge in [-0.15, -0.1) is 11.3 Å². The highest BCUT2D eigenvalue weighted by atomic mass is 32.1. The van der Waals surface area contributed by atoms with Gasteiger partial charge in [-0.3, -0.25) is 0 Å². The van der Waals surface area contributed by atoms with Crippen LogP contribution in [0.4, 0.5) is 5.69 Å². The molecule has 0 atom stereocenters. The maximum atomic E-state index is 8.93. The van der Waals surface area contributed by atoms with Crippen LogP contribution in [0.15, 0.2) is 35.7 Å². The number of hydrogen-bond acceptors (Lipinski definition) is 3. The van der Waals surface area contributed by atoms with E-state index >= 15 is 0 Å². The molecule has 0 spiro atoms. The molecule has 0 aliphatic rings. The molecule has 3 heteroatoms. The lowest BCUT2D eigenvalue weighted by Gasteiger charge is -1.97. The molecule has 2 aromatic rings. The predicted molar refractivity (Wildman–Crippen MR) is 58.9 cm³/mol. The molecular weight excluding hydrogens is 192 g/mol. The number of nitrogens with two attached hydrogens (primary N) is 1. The lowest BCUT2D eigenvalue weighted by Crippen LogP contribution is -1.85. The summed E-state index contributed by atoms with van der Waals surface area (Å²) in [7, 11) is 0. The summed E-state index contributed by atoms with van der Waals surface area (Å²) in [6, 6.07) is 11.9. The maximum Gasteiger partial charge on any atom is 0.103 e. The number of hydrogen-bond donors (Lipinski definition) is 1. The number of anilines is 1. The van der Waals surface area contributed by atoms with Crippen LogP contribution >= 0.6 is 11.3 Å². The van der Waals surface area contributed by atoms with E-state index < -0.39 is 0 Å². The van der Waals surface area contributed by atoms with Crippen molar-refractivity contribution in [2.24, 2.45) is 0 Å². The molecule has 1 heterocycles. The molecule has 14 heavy (non-hydrogen) atoms. The summed E-state index contributed by atoms with van der Waals surface area (Å²) < 4.78 is 0. The summed E-state index contributed by atoms with van der Waals surface area (Å²) in [5.74, 6) is 0. The first-order chi connectivity index (χ1) is 6.83. The Morgan fingerprint density at radius 2 is 1.93 bits per heavy atom. The van der Waals surface area contributed by atoms with Crippen LogP contribution in [0.3, 0.4) is 0 Å². The molecule has 0 bridgehead atoms. The van der Waals surface area contributed by atoms with Gasteiger partial charge in [-0.25, -0.2) is 0 Å². The van der Waals surface area contributed by atoms with Gasteiger partial charge in [0.05, 0.1) is 16.1 Å². The van der Waals surface area contributed by atoms with Gasteiger partial charge in [0.25, 0.3) is 0 Å². The van der Waals surface area contributed by atoms with Gasteiger partial charge >= 0.3 is 0 Å². The highest BCUT2D eigenvalue weighted by Gasteiger charge is 2.09. The molecular formula is C11H8N2S. The number of thiophene rings is 1. The van der Waals surface area contributed by atoms with Crippen LogP contribution in [0.1, 0.15) is 5.56 Å². The van der Waals surface area contributed by atoms with Crippen LogP contribution in [0.25, 0.3) is 10.4 Å². The summed E-state index contributed by atoms with van der Waals surface area (Å²) in [4.78, 5) is 0.950. The van der Waals surface area contributed by atoms with Gasteiger partial charge < -0.3 is 5.73 Å². The zero-order valence-corrected chi connectivity index (χ0v) is 8.21. The summed E-state index contributed by atoms with van der Waals surface area (Å²) in [6.45, 7) is 0. The predicted octanol–water partition coefficient (Wildman–Crippen LogP) is 2.87. The molecule has 1 aromatic carbocycles. The third-order valence-corrected chi connectivity index (χ3v) is 3.01. The molecule has 0 fully saturated rings. The number of nitrogen functional groups attached to an aromatic ring is 1. The van der Waals surface area contributed by atoms with Gasteiger partial charge in [-0.05, 0) is 5.56 Å². The maximum absolute atomic E-state index is 8.93. The smallest absolute Gasteiger partial charge is 0.103 e. The number of nitrogens with zero attached hydrogens (tertiary/aromatic N) is 1. The van der Waals surface area contributed by atoms with E-state index in [0.29, 0.717) is 11.3 Å². The lowest BCUT2D eigenvalue weighted by atomic mass is 10.1. The summed E-state index contributed by atoms with van der Waals surface area (Å²) in [5.41, 5.74) is 7.87. The first-order valence-electron chi connectivity index (χ1n) is 4.15. The average molecular weight is 200 g/mol. The van der Waals surface area contributed by atoms with Crippen LogP contribution in [0.2, 0.25) is 0 Å². The molecule has 0 aliphatic heterocycles. The van der Waals surface area contributed by atoms with Crippen LogP contribution < -0.4 is 5.73 Å². The van der Waals surface area contributed by atoms with E-state index in [1.165, 1.54) is 11.3 Å². The normalized spacial score (nSPS) is 9.64. The Bertz CT molecular complexity index is 480. The molecule has 2 rings (SSSR count). The molecule has 68 valence electrons. The van der Waals surface area contributed by atoms with E-state index in [0.717, 1.165) is 10.4 Å². The molecule has 0 aliphatic carbocycles. The fourth-order valence-corrected chi connectivity index (χ4v) is 2.20. The van der Waals surface area contributed by atoms with Gasteiger partial charge in [0, 0.05) is 5.38 Å². The SMILES string of the molecule is N#Cc1c(N)csc1-c1ccccc1.